The number of unbranched alkanes of at least 4 members (excludes halogenated alkanes) is 18. The first kappa shape index (κ1) is 57.8. The number of rotatable bonds is 47. The summed E-state index contributed by atoms with van der Waals surface area (Å²) in [5.41, 5.74) is 0. The highest BCUT2D eigenvalue weighted by Crippen LogP contribution is 2.31. The lowest BCUT2D eigenvalue weighted by Gasteiger charge is -2.27. The van der Waals surface area contributed by atoms with E-state index in [0.29, 0.717) is 50.9 Å². The van der Waals surface area contributed by atoms with Gasteiger partial charge in [0.2, 0.25) is 0 Å². The molecule has 0 aliphatic rings. The third-order valence-corrected chi connectivity index (χ3v) is 12.9. The zero-order valence-corrected chi connectivity index (χ0v) is 40.3. The smallest absolute Gasteiger partial charge is 0.305 e. The Morgan fingerprint density at radius 3 is 1.44 bits per heavy atom. The topological polar surface area (TPSA) is 96.3 Å². The Bertz CT molecular complexity index is 885. The van der Waals surface area contributed by atoms with Gasteiger partial charge in [-0.05, 0) is 88.6 Å². The number of carbonyl (C=O) groups is 2. The van der Waals surface area contributed by atoms with Crippen LogP contribution in [0.2, 0.25) is 0 Å². The summed E-state index contributed by atoms with van der Waals surface area (Å²) < 4.78 is 11.5. The van der Waals surface area contributed by atoms with E-state index in [9.17, 15) is 19.8 Å². The van der Waals surface area contributed by atoms with Crippen LogP contribution in [-0.2, 0) is 19.1 Å². The van der Waals surface area contributed by atoms with Gasteiger partial charge in [-0.2, -0.15) is 0 Å². The van der Waals surface area contributed by atoms with E-state index in [1.54, 1.807) is 0 Å². The summed E-state index contributed by atoms with van der Waals surface area (Å²) in [4.78, 5) is 27.6. The minimum Gasteiger partial charge on any atom is -0.466 e. The second kappa shape index (κ2) is 44.9. The second-order valence-electron chi connectivity index (χ2n) is 18.4. The molecule has 7 nitrogen and oxygen atoms in total. The summed E-state index contributed by atoms with van der Waals surface area (Å²) in [6.45, 7) is 15.0. The van der Waals surface area contributed by atoms with E-state index in [4.69, 9.17) is 9.47 Å². The minimum atomic E-state index is -0.446. The molecule has 0 spiro atoms. The summed E-state index contributed by atoms with van der Waals surface area (Å²) in [5.74, 6) is 1.87. The van der Waals surface area contributed by atoms with Gasteiger partial charge in [-0.25, -0.2) is 0 Å². The Hall–Kier alpha value is -1.18. The number of aliphatic hydroxyl groups excluding tert-OH is 2. The standard InChI is InChI=1S/C52H103NO6/c1-6-11-15-18-20-25-35-49(34-24-17-13-8-3)48(10-5)40-45-59-52(57)38-28-30-42-53(41-29-21-31-43-54)46-50(55)36-26-27-37-51(56)58-44-39-47(32-22-14-9-4)33-23-19-16-12-7-2/h47-50,54-55H,6-46H2,1-5H3. The highest BCUT2D eigenvalue weighted by Gasteiger charge is 2.20. The molecular weight excluding hydrogens is 735 g/mol. The van der Waals surface area contributed by atoms with Gasteiger partial charge in [0.25, 0.3) is 0 Å². The summed E-state index contributed by atoms with van der Waals surface area (Å²) in [6.07, 6.45) is 39.1. The fourth-order valence-corrected chi connectivity index (χ4v) is 8.93. The lowest BCUT2D eigenvalue weighted by Crippen LogP contribution is -2.34. The maximum Gasteiger partial charge on any atom is 0.305 e. The molecule has 0 aromatic carbocycles. The van der Waals surface area contributed by atoms with E-state index in [0.717, 1.165) is 83.2 Å². The van der Waals surface area contributed by atoms with Crippen molar-refractivity contribution in [3.63, 3.8) is 0 Å². The van der Waals surface area contributed by atoms with Crippen LogP contribution in [0.4, 0.5) is 0 Å². The van der Waals surface area contributed by atoms with Crippen molar-refractivity contribution in [1.29, 1.82) is 0 Å². The number of ether oxygens (including phenoxy) is 2. The molecule has 2 N–H and O–H groups in total. The van der Waals surface area contributed by atoms with Gasteiger partial charge in [-0.3, -0.25) is 9.59 Å². The summed E-state index contributed by atoms with van der Waals surface area (Å²) in [7, 11) is 0. The molecule has 59 heavy (non-hydrogen) atoms. The normalized spacial score (nSPS) is 13.8. The van der Waals surface area contributed by atoms with Crippen molar-refractivity contribution in [3.05, 3.63) is 0 Å². The Morgan fingerprint density at radius 2 is 0.881 bits per heavy atom. The number of hydrogen-bond donors (Lipinski definition) is 2. The summed E-state index contributed by atoms with van der Waals surface area (Å²) >= 11 is 0. The molecule has 0 fully saturated rings. The SMILES string of the molecule is CCCCCCCCC(CCCCCC)C(CC)CCOC(=O)CCCCN(CCCCCO)CC(O)CCCCC(=O)OCCC(CCCCC)CCCCCCC. The summed E-state index contributed by atoms with van der Waals surface area (Å²) in [6, 6.07) is 0. The van der Waals surface area contributed by atoms with Gasteiger partial charge in [0.15, 0.2) is 0 Å². The van der Waals surface area contributed by atoms with E-state index in [1.165, 1.54) is 141 Å². The van der Waals surface area contributed by atoms with Gasteiger partial charge in [0, 0.05) is 26.0 Å². The largest absolute Gasteiger partial charge is 0.466 e. The molecule has 4 atom stereocenters. The van der Waals surface area contributed by atoms with Crippen LogP contribution in [0.15, 0.2) is 0 Å². The maximum absolute atomic E-state index is 12.8. The van der Waals surface area contributed by atoms with Crippen LogP contribution >= 0.6 is 0 Å². The number of carbonyl (C=O) groups excluding carboxylic acids is 2. The quantitative estimate of drug-likeness (QED) is 0.0465. The van der Waals surface area contributed by atoms with Gasteiger partial charge in [-0.15, -0.1) is 0 Å². The van der Waals surface area contributed by atoms with Gasteiger partial charge >= 0.3 is 11.9 Å². The molecular formula is C52H103NO6. The van der Waals surface area contributed by atoms with Gasteiger partial charge in [-0.1, -0.05) is 189 Å². The highest BCUT2D eigenvalue weighted by molar-refractivity contribution is 5.69. The molecule has 0 heterocycles. The number of esters is 2. The van der Waals surface area contributed by atoms with Crippen LogP contribution in [0.5, 0.6) is 0 Å². The van der Waals surface area contributed by atoms with Crippen LogP contribution < -0.4 is 0 Å². The van der Waals surface area contributed by atoms with Gasteiger partial charge < -0.3 is 24.6 Å². The molecule has 0 amide bonds. The molecule has 352 valence electrons. The van der Waals surface area contributed by atoms with Crippen LogP contribution in [0, 0.1) is 17.8 Å². The highest BCUT2D eigenvalue weighted by atomic mass is 16.5. The molecule has 0 bridgehead atoms. The average Bonchev–Trinajstić information content (AvgIpc) is 3.23. The number of hydrogen-bond acceptors (Lipinski definition) is 7. The van der Waals surface area contributed by atoms with Crippen molar-refractivity contribution in [2.45, 2.75) is 265 Å². The van der Waals surface area contributed by atoms with E-state index in [2.05, 4.69) is 39.5 Å². The van der Waals surface area contributed by atoms with Crippen LogP contribution in [0.1, 0.15) is 259 Å². The second-order valence-corrected chi connectivity index (χ2v) is 18.4. The summed E-state index contributed by atoms with van der Waals surface area (Å²) in [5, 5.41) is 20.2. The first-order valence-corrected chi connectivity index (χ1v) is 26.2. The van der Waals surface area contributed by atoms with E-state index in [1.807, 2.05) is 0 Å². The Balaban J connectivity index is 4.59. The fourth-order valence-electron chi connectivity index (χ4n) is 8.93. The van der Waals surface area contributed by atoms with Crippen molar-refractivity contribution in [2.24, 2.45) is 17.8 Å². The molecule has 0 aliphatic carbocycles. The predicted octanol–water partition coefficient (Wildman–Crippen LogP) is 14.3. The Kier molecular flexibility index (Phi) is 44.0. The average molecular weight is 838 g/mol. The number of nitrogens with zero attached hydrogens (tertiary/aromatic N) is 1. The van der Waals surface area contributed by atoms with Gasteiger partial charge in [0.05, 0.1) is 19.3 Å². The van der Waals surface area contributed by atoms with E-state index in [-0.39, 0.29) is 18.5 Å². The lowest BCUT2D eigenvalue weighted by atomic mass is 9.80. The Morgan fingerprint density at radius 1 is 0.458 bits per heavy atom. The zero-order chi connectivity index (χ0) is 43.4. The zero-order valence-electron chi connectivity index (χ0n) is 40.3. The van der Waals surface area contributed by atoms with Gasteiger partial charge in [0.1, 0.15) is 0 Å². The van der Waals surface area contributed by atoms with Crippen LogP contribution in [0.3, 0.4) is 0 Å². The molecule has 7 heteroatoms. The lowest BCUT2D eigenvalue weighted by molar-refractivity contribution is -0.145. The molecule has 0 saturated heterocycles. The third kappa shape index (κ3) is 38.2. The minimum absolute atomic E-state index is 0.0760. The molecule has 0 rings (SSSR count). The molecule has 0 aromatic heterocycles. The van der Waals surface area contributed by atoms with Crippen molar-refractivity contribution in [1.82, 2.24) is 4.90 Å². The maximum atomic E-state index is 12.8. The fraction of sp³-hybridized carbons (Fsp3) is 0.962. The Labute approximate surface area is 367 Å². The van der Waals surface area contributed by atoms with Crippen LogP contribution in [0.25, 0.3) is 0 Å². The van der Waals surface area contributed by atoms with Crippen molar-refractivity contribution in [2.75, 3.05) is 39.5 Å². The molecule has 0 radical (unpaired) electrons. The monoisotopic (exact) mass is 838 g/mol. The van der Waals surface area contributed by atoms with Crippen molar-refractivity contribution in [3.8, 4) is 0 Å². The molecule has 0 saturated carbocycles. The predicted molar refractivity (Wildman–Crippen MR) is 252 cm³/mol. The van der Waals surface area contributed by atoms with E-state index >= 15 is 0 Å². The van der Waals surface area contributed by atoms with Crippen molar-refractivity contribution < 1.29 is 29.3 Å². The molecule has 0 aromatic rings. The first-order valence-electron chi connectivity index (χ1n) is 26.2. The van der Waals surface area contributed by atoms with E-state index < -0.39 is 6.10 Å². The molecule has 0 aliphatic heterocycles. The van der Waals surface area contributed by atoms with Crippen molar-refractivity contribution >= 4 is 11.9 Å². The first-order chi connectivity index (χ1) is 28.8. The number of aliphatic hydroxyl groups is 2. The third-order valence-electron chi connectivity index (χ3n) is 12.9. The van der Waals surface area contributed by atoms with Crippen LogP contribution in [-0.4, -0.2) is 72.6 Å². The molecule has 4 unspecified atom stereocenters.